The number of aliphatic hydroxyl groups excluding tert-OH is 3. The SMILES string of the molecule is CC(C)(C)OC(=O)N[C@@H](Cc1ccccc1)[C@@H](O)C[C@@H](CCCc1ccccc1)C(=O)NC1c2ccccc2C(O)[C@@H]1O. The zero-order valence-corrected chi connectivity index (χ0v) is 25.1. The third-order valence-corrected chi connectivity index (χ3v) is 7.84. The molecular weight excluding hydrogens is 544 g/mol. The predicted molar refractivity (Wildman–Crippen MR) is 165 cm³/mol. The highest BCUT2D eigenvalue weighted by Crippen LogP contribution is 2.39. The minimum Gasteiger partial charge on any atom is -0.444 e. The summed E-state index contributed by atoms with van der Waals surface area (Å²) in [7, 11) is 0. The number of rotatable bonds is 12. The molecule has 3 aromatic carbocycles. The largest absolute Gasteiger partial charge is 0.444 e. The number of amides is 2. The van der Waals surface area contributed by atoms with Crippen LogP contribution in [0.15, 0.2) is 84.9 Å². The summed E-state index contributed by atoms with van der Waals surface area (Å²) in [6.45, 7) is 5.32. The maximum atomic E-state index is 13.8. The minimum atomic E-state index is -1.18. The third-order valence-electron chi connectivity index (χ3n) is 7.84. The number of aryl methyl sites for hydroxylation is 1. The lowest BCUT2D eigenvalue weighted by Gasteiger charge is -2.30. The van der Waals surface area contributed by atoms with E-state index in [0.717, 1.165) is 17.5 Å². The Morgan fingerprint density at radius 2 is 1.44 bits per heavy atom. The molecule has 5 N–H and O–H groups in total. The van der Waals surface area contributed by atoms with Crippen LogP contribution in [0, 0.1) is 5.92 Å². The fourth-order valence-electron chi connectivity index (χ4n) is 5.67. The van der Waals surface area contributed by atoms with Gasteiger partial charge in [-0.1, -0.05) is 84.9 Å². The van der Waals surface area contributed by atoms with Crippen molar-refractivity contribution in [2.45, 2.75) is 88.9 Å². The maximum absolute atomic E-state index is 13.8. The number of nitrogens with one attached hydrogen (secondary N) is 2. The van der Waals surface area contributed by atoms with Gasteiger partial charge in [0.1, 0.15) is 17.8 Å². The molecule has 0 radical (unpaired) electrons. The number of fused-ring (bicyclic) bond motifs is 1. The first-order valence-corrected chi connectivity index (χ1v) is 15.0. The Kier molecular flexibility index (Phi) is 11.0. The number of alkyl carbamates (subject to hydrolysis) is 1. The Morgan fingerprint density at radius 3 is 2.07 bits per heavy atom. The molecule has 6 atom stereocenters. The van der Waals surface area contributed by atoms with E-state index >= 15 is 0 Å². The number of benzene rings is 3. The van der Waals surface area contributed by atoms with E-state index in [1.165, 1.54) is 0 Å². The Bertz CT molecular complexity index is 1330. The molecule has 1 aliphatic rings. The molecule has 8 heteroatoms. The summed E-state index contributed by atoms with van der Waals surface area (Å²) in [5.41, 5.74) is 2.62. The highest BCUT2D eigenvalue weighted by atomic mass is 16.6. The average molecular weight is 589 g/mol. The van der Waals surface area contributed by atoms with Crippen molar-refractivity contribution >= 4 is 12.0 Å². The molecule has 230 valence electrons. The topological polar surface area (TPSA) is 128 Å². The molecule has 0 bridgehead atoms. The highest BCUT2D eigenvalue weighted by molar-refractivity contribution is 5.79. The summed E-state index contributed by atoms with van der Waals surface area (Å²) in [5.74, 6) is -0.940. The molecule has 0 aromatic heterocycles. The first-order chi connectivity index (χ1) is 20.5. The van der Waals surface area contributed by atoms with Crippen molar-refractivity contribution in [1.82, 2.24) is 10.6 Å². The summed E-state index contributed by atoms with van der Waals surface area (Å²) in [6, 6.07) is 25.2. The third kappa shape index (κ3) is 9.13. The number of aliphatic hydroxyl groups is 3. The molecule has 8 nitrogen and oxygen atoms in total. The van der Waals surface area contributed by atoms with Gasteiger partial charge in [0.15, 0.2) is 0 Å². The van der Waals surface area contributed by atoms with Crippen LogP contribution in [0.4, 0.5) is 4.79 Å². The van der Waals surface area contributed by atoms with Crippen LogP contribution in [0.1, 0.15) is 74.4 Å². The van der Waals surface area contributed by atoms with Crippen LogP contribution in [0.3, 0.4) is 0 Å². The van der Waals surface area contributed by atoms with Crippen LogP contribution in [-0.4, -0.2) is 51.2 Å². The van der Waals surface area contributed by atoms with Gasteiger partial charge in [-0.3, -0.25) is 4.79 Å². The number of ether oxygens (including phenoxy) is 1. The maximum Gasteiger partial charge on any atom is 0.407 e. The lowest BCUT2D eigenvalue weighted by molar-refractivity contribution is -0.128. The molecule has 3 aromatic rings. The number of hydrogen-bond donors (Lipinski definition) is 5. The van der Waals surface area contributed by atoms with E-state index in [1.807, 2.05) is 60.7 Å². The molecule has 2 unspecified atom stereocenters. The van der Waals surface area contributed by atoms with Gasteiger partial charge < -0.3 is 30.7 Å². The second-order valence-corrected chi connectivity index (χ2v) is 12.4. The monoisotopic (exact) mass is 588 g/mol. The molecule has 1 aliphatic carbocycles. The number of carbonyl (C=O) groups excluding carboxylic acids is 2. The van der Waals surface area contributed by atoms with Crippen LogP contribution >= 0.6 is 0 Å². The van der Waals surface area contributed by atoms with Gasteiger partial charge in [-0.05, 0) is 75.1 Å². The summed E-state index contributed by atoms with van der Waals surface area (Å²) in [6.07, 6.45) is -1.62. The fourth-order valence-corrected chi connectivity index (χ4v) is 5.67. The van der Waals surface area contributed by atoms with Crippen molar-refractivity contribution in [1.29, 1.82) is 0 Å². The molecule has 0 saturated heterocycles. The van der Waals surface area contributed by atoms with Gasteiger partial charge in [0.2, 0.25) is 5.91 Å². The van der Waals surface area contributed by atoms with Crippen molar-refractivity contribution < 1.29 is 29.6 Å². The smallest absolute Gasteiger partial charge is 0.407 e. The normalized spacial score (nSPS) is 20.0. The van der Waals surface area contributed by atoms with Crippen LogP contribution in [0.2, 0.25) is 0 Å². The second kappa shape index (κ2) is 14.6. The number of hydrogen-bond acceptors (Lipinski definition) is 6. The van der Waals surface area contributed by atoms with E-state index in [2.05, 4.69) is 10.6 Å². The van der Waals surface area contributed by atoms with Gasteiger partial charge in [0, 0.05) is 5.92 Å². The standard InChI is InChI=1S/C35H44N2O6/c1-35(2,3)43-34(42)36-28(21-24-15-8-5-9-16-24)29(38)22-25(18-12-17-23-13-6-4-7-14-23)33(41)37-30-26-19-10-11-20-27(26)31(39)32(30)40/h4-11,13-16,19-20,25,28-32,38-40H,12,17-18,21-22H2,1-3H3,(H,36,42)(H,37,41)/t25-,28+,29+,30?,31?,32-/m1/s1. The minimum absolute atomic E-state index is 0.0843. The summed E-state index contributed by atoms with van der Waals surface area (Å²) < 4.78 is 5.47. The molecule has 0 fully saturated rings. The van der Waals surface area contributed by atoms with E-state index in [4.69, 9.17) is 4.74 Å². The molecule has 0 saturated carbocycles. The van der Waals surface area contributed by atoms with Gasteiger partial charge in [0.25, 0.3) is 0 Å². The van der Waals surface area contributed by atoms with Crippen LogP contribution < -0.4 is 10.6 Å². The van der Waals surface area contributed by atoms with E-state index in [1.54, 1.807) is 45.0 Å². The molecule has 0 heterocycles. The molecule has 2 amide bonds. The van der Waals surface area contributed by atoms with Gasteiger partial charge >= 0.3 is 6.09 Å². The lowest BCUT2D eigenvalue weighted by Crippen LogP contribution is -2.48. The summed E-state index contributed by atoms with van der Waals surface area (Å²) >= 11 is 0. The molecule has 0 aliphatic heterocycles. The van der Waals surface area contributed by atoms with Gasteiger partial charge in [-0.15, -0.1) is 0 Å². The van der Waals surface area contributed by atoms with E-state index in [0.29, 0.717) is 30.4 Å². The van der Waals surface area contributed by atoms with Crippen LogP contribution in [0.5, 0.6) is 0 Å². The van der Waals surface area contributed by atoms with E-state index < -0.39 is 48.0 Å². The Balaban J connectivity index is 1.52. The molecular formula is C35H44N2O6. The molecule has 0 spiro atoms. The van der Waals surface area contributed by atoms with E-state index in [9.17, 15) is 24.9 Å². The van der Waals surface area contributed by atoms with E-state index in [-0.39, 0.29) is 12.3 Å². The summed E-state index contributed by atoms with van der Waals surface area (Å²) in [4.78, 5) is 26.6. The van der Waals surface area contributed by atoms with Crippen molar-refractivity contribution in [2.75, 3.05) is 0 Å². The molecule has 43 heavy (non-hydrogen) atoms. The van der Waals surface area contributed by atoms with Crippen molar-refractivity contribution in [3.63, 3.8) is 0 Å². The van der Waals surface area contributed by atoms with Crippen molar-refractivity contribution in [2.24, 2.45) is 5.92 Å². The fraction of sp³-hybridized carbons (Fsp3) is 0.429. The first-order valence-electron chi connectivity index (χ1n) is 15.0. The zero-order chi connectivity index (χ0) is 31.0. The van der Waals surface area contributed by atoms with Gasteiger partial charge in [0.05, 0.1) is 18.2 Å². The second-order valence-electron chi connectivity index (χ2n) is 12.4. The Morgan fingerprint density at radius 1 is 0.860 bits per heavy atom. The molecule has 4 rings (SSSR count). The van der Waals surface area contributed by atoms with Crippen molar-refractivity contribution in [3.8, 4) is 0 Å². The van der Waals surface area contributed by atoms with Crippen LogP contribution in [-0.2, 0) is 22.4 Å². The summed E-state index contributed by atoms with van der Waals surface area (Å²) in [5, 5.41) is 38.7. The number of carbonyl (C=O) groups is 2. The highest BCUT2D eigenvalue weighted by Gasteiger charge is 2.40. The van der Waals surface area contributed by atoms with Gasteiger partial charge in [-0.25, -0.2) is 4.79 Å². The zero-order valence-electron chi connectivity index (χ0n) is 25.1. The lowest BCUT2D eigenvalue weighted by atomic mass is 9.88. The predicted octanol–water partition coefficient (Wildman–Crippen LogP) is 4.78. The first kappa shape index (κ1) is 32.2. The quantitative estimate of drug-likeness (QED) is 0.207. The van der Waals surface area contributed by atoms with Crippen molar-refractivity contribution in [3.05, 3.63) is 107 Å². The Labute approximate surface area is 254 Å². The van der Waals surface area contributed by atoms with Gasteiger partial charge in [-0.2, -0.15) is 0 Å². The van der Waals surface area contributed by atoms with Crippen LogP contribution in [0.25, 0.3) is 0 Å². The average Bonchev–Trinajstić information content (AvgIpc) is 3.21. The Hall–Kier alpha value is -3.72.